The molecule has 0 saturated heterocycles. The van der Waals surface area contributed by atoms with Gasteiger partial charge in [0, 0.05) is 12.6 Å². The second-order valence-corrected chi connectivity index (χ2v) is 5.04. The van der Waals surface area contributed by atoms with Gasteiger partial charge in [-0.2, -0.15) is 8.78 Å². The molecule has 0 aliphatic heterocycles. The van der Waals surface area contributed by atoms with Crippen molar-refractivity contribution < 1.29 is 27.8 Å². The van der Waals surface area contributed by atoms with Gasteiger partial charge in [0.1, 0.15) is 5.82 Å². The molecule has 1 aromatic rings. The second-order valence-electron chi connectivity index (χ2n) is 5.04. The Morgan fingerprint density at radius 3 is 2.64 bits per heavy atom. The summed E-state index contributed by atoms with van der Waals surface area (Å²) in [6.45, 7) is 0.652. The van der Waals surface area contributed by atoms with Crippen LogP contribution in [0.2, 0.25) is 0 Å². The Morgan fingerprint density at radius 1 is 1.36 bits per heavy atom. The summed E-state index contributed by atoms with van der Waals surface area (Å²) >= 11 is 0. The number of hydrogen-bond donors (Lipinski definition) is 3. The van der Waals surface area contributed by atoms with E-state index in [0.717, 1.165) is 18.2 Å². The van der Waals surface area contributed by atoms with Crippen LogP contribution in [0, 0.1) is 11.7 Å². The van der Waals surface area contributed by atoms with Crippen molar-refractivity contribution in [1.82, 2.24) is 5.32 Å². The molecule has 0 spiro atoms. The van der Waals surface area contributed by atoms with Crippen LogP contribution in [0.15, 0.2) is 18.2 Å². The molecule has 8 heteroatoms. The van der Waals surface area contributed by atoms with E-state index in [1.807, 2.05) is 6.92 Å². The highest BCUT2D eigenvalue weighted by atomic mass is 19.3. The van der Waals surface area contributed by atoms with Gasteiger partial charge in [0.2, 0.25) is 0 Å². The number of urea groups is 1. The molecule has 0 radical (unpaired) electrons. The van der Waals surface area contributed by atoms with Crippen LogP contribution in [0.5, 0.6) is 5.75 Å². The third-order valence-electron chi connectivity index (χ3n) is 2.76. The van der Waals surface area contributed by atoms with Crippen molar-refractivity contribution in [1.29, 1.82) is 0 Å². The maximum absolute atomic E-state index is 13.0. The highest BCUT2D eigenvalue weighted by Gasteiger charge is 2.14. The van der Waals surface area contributed by atoms with Crippen LogP contribution >= 0.6 is 0 Å². The quantitative estimate of drug-likeness (QED) is 0.723. The molecule has 0 aliphatic carbocycles. The summed E-state index contributed by atoms with van der Waals surface area (Å²) in [5, 5.41) is 14.1. The zero-order valence-electron chi connectivity index (χ0n) is 12.3. The Balaban J connectivity index is 2.60. The van der Waals surface area contributed by atoms with E-state index in [9.17, 15) is 23.1 Å². The van der Waals surface area contributed by atoms with Gasteiger partial charge in [0.15, 0.2) is 5.75 Å². The number of halogens is 3. The van der Waals surface area contributed by atoms with Crippen molar-refractivity contribution in [2.75, 3.05) is 11.9 Å². The number of alkyl halides is 2. The summed E-state index contributed by atoms with van der Waals surface area (Å²) < 4.78 is 41.7. The van der Waals surface area contributed by atoms with Gasteiger partial charge in [-0.15, -0.1) is 0 Å². The molecule has 124 valence electrons. The number of benzene rings is 1. The van der Waals surface area contributed by atoms with Crippen LogP contribution in [0.4, 0.5) is 23.7 Å². The SMILES string of the molecule is CC(O)CC(C)CNC(=O)Nc1ccc(F)cc1OC(F)F. The fourth-order valence-corrected chi connectivity index (χ4v) is 1.89. The molecule has 3 N–H and O–H groups in total. The van der Waals surface area contributed by atoms with E-state index in [4.69, 9.17) is 0 Å². The molecule has 0 saturated carbocycles. The predicted octanol–water partition coefficient (Wildman–Crippen LogP) is 2.96. The smallest absolute Gasteiger partial charge is 0.387 e. The minimum absolute atomic E-state index is 0.0377. The van der Waals surface area contributed by atoms with Crippen LogP contribution in [0.1, 0.15) is 20.3 Å². The van der Waals surface area contributed by atoms with Crippen LogP contribution < -0.4 is 15.4 Å². The number of amides is 2. The highest BCUT2D eigenvalue weighted by Crippen LogP contribution is 2.26. The normalized spacial score (nSPS) is 13.6. The summed E-state index contributed by atoms with van der Waals surface area (Å²) in [6.07, 6.45) is 0.0272. The average Bonchev–Trinajstić information content (AvgIpc) is 2.38. The standard InChI is InChI=1S/C14H19F3N2O3/c1-8(5-9(2)20)7-18-14(21)19-11-4-3-10(15)6-12(11)22-13(16)17/h3-4,6,8-9,13,20H,5,7H2,1-2H3,(H2,18,19,21). The molecule has 2 atom stereocenters. The van der Waals surface area contributed by atoms with Crippen molar-refractivity contribution in [3.8, 4) is 5.75 Å². The first-order valence-corrected chi connectivity index (χ1v) is 6.75. The van der Waals surface area contributed by atoms with E-state index in [1.165, 1.54) is 0 Å². The summed E-state index contributed by atoms with van der Waals surface area (Å²) in [5.41, 5.74) is -0.0672. The first-order chi connectivity index (χ1) is 10.3. The van der Waals surface area contributed by atoms with E-state index in [2.05, 4.69) is 15.4 Å². The third-order valence-corrected chi connectivity index (χ3v) is 2.76. The zero-order valence-corrected chi connectivity index (χ0v) is 12.3. The van der Waals surface area contributed by atoms with Gasteiger partial charge in [-0.3, -0.25) is 0 Å². The van der Waals surface area contributed by atoms with Crippen molar-refractivity contribution in [3.05, 3.63) is 24.0 Å². The monoisotopic (exact) mass is 320 g/mol. The Kier molecular flexibility index (Phi) is 6.97. The van der Waals surface area contributed by atoms with Gasteiger partial charge in [0.25, 0.3) is 0 Å². The van der Waals surface area contributed by atoms with E-state index >= 15 is 0 Å². The second kappa shape index (κ2) is 8.47. The number of ether oxygens (including phenoxy) is 1. The van der Waals surface area contributed by atoms with Gasteiger partial charge in [0.05, 0.1) is 11.8 Å². The van der Waals surface area contributed by atoms with Gasteiger partial charge < -0.3 is 20.5 Å². The summed E-state index contributed by atoms with van der Waals surface area (Å²) in [5.74, 6) is -1.18. The molecule has 5 nitrogen and oxygen atoms in total. The minimum atomic E-state index is -3.13. The molecule has 1 aromatic carbocycles. The van der Waals surface area contributed by atoms with Crippen LogP contribution in [0.25, 0.3) is 0 Å². The molecule has 2 amide bonds. The molecular weight excluding hydrogens is 301 g/mol. The van der Waals surface area contributed by atoms with E-state index < -0.39 is 30.3 Å². The van der Waals surface area contributed by atoms with Crippen molar-refractivity contribution in [2.45, 2.75) is 33.0 Å². The fourth-order valence-electron chi connectivity index (χ4n) is 1.89. The van der Waals surface area contributed by atoms with Crippen molar-refractivity contribution >= 4 is 11.7 Å². The lowest BCUT2D eigenvalue weighted by Crippen LogP contribution is -2.33. The average molecular weight is 320 g/mol. The molecule has 0 heterocycles. The Hall–Kier alpha value is -1.96. The predicted molar refractivity (Wildman–Crippen MR) is 75.5 cm³/mol. The lowest BCUT2D eigenvalue weighted by Gasteiger charge is -2.16. The number of carbonyl (C=O) groups excluding carboxylic acids is 1. The number of rotatable bonds is 7. The van der Waals surface area contributed by atoms with E-state index in [0.29, 0.717) is 13.0 Å². The first-order valence-electron chi connectivity index (χ1n) is 6.75. The van der Waals surface area contributed by atoms with Gasteiger partial charge in [-0.25, -0.2) is 9.18 Å². The number of nitrogens with one attached hydrogen (secondary N) is 2. The zero-order chi connectivity index (χ0) is 16.7. The van der Waals surface area contributed by atoms with Gasteiger partial charge in [-0.05, 0) is 31.4 Å². The topological polar surface area (TPSA) is 70.6 Å². The molecule has 2 unspecified atom stereocenters. The molecule has 22 heavy (non-hydrogen) atoms. The number of aliphatic hydroxyl groups excluding tert-OH is 1. The van der Waals surface area contributed by atoms with Crippen LogP contribution in [-0.4, -0.2) is 30.4 Å². The van der Waals surface area contributed by atoms with Crippen molar-refractivity contribution in [3.63, 3.8) is 0 Å². The molecule has 0 aliphatic rings. The van der Waals surface area contributed by atoms with Gasteiger partial charge in [-0.1, -0.05) is 6.92 Å². The van der Waals surface area contributed by atoms with Crippen LogP contribution in [-0.2, 0) is 0 Å². The Labute approximate surface area is 126 Å². The number of hydrogen-bond acceptors (Lipinski definition) is 3. The van der Waals surface area contributed by atoms with Gasteiger partial charge >= 0.3 is 12.6 Å². The molecule has 0 bridgehead atoms. The van der Waals surface area contributed by atoms with E-state index in [-0.39, 0.29) is 11.6 Å². The Bertz CT molecular complexity index is 498. The summed E-state index contributed by atoms with van der Waals surface area (Å²) in [4.78, 5) is 11.7. The molecule has 0 aromatic heterocycles. The molecule has 1 rings (SSSR count). The molecular formula is C14H19F3N2O3. The lowest BCUT2D eigenvalue weighted by atomic mass is 10.1. The number of anilines is 1. The number of carbonyl (C=O) groups is 1. The highest BCUT2D eigenvalue weighted by molar-refractivity contribution is 5.90. The molecule has 0 fully saturated rings. The number of aliphatic hydroxyl groups is 1. The summed E-state index contributed by atoms with van der Waals surface area (Å²) in [7, 11) is 0. The fraction of sp³-hybridized carbons (Fsp3) is 0.500. The maximum atomic E-state index is 13.0. The van der Waals surface area contributed by atoms with Crippen LogP contribution in [0.3, 0.4) is 0 Å². The Morgan fingerprint density at radius 2 is 2.05 bits per heavy atom. The van der Waals surface area contributed by atoms with Crippen molar-refractivity contribution in [2.24, 2.45) is 5.92 Å². The largest absolute Gasteiger partial charge is 0.432 e. The summed E-state index contributed by atoms with van der Waals surface area (Å²) in [6, 6.07) is 2.27. The third kappa shape index (κ3) is 6.66. The van der Waals surface area contributed by atoms with E-state index in [1.54, 1.807) is 6.92 Å². The minimum Gasteiger partial charge on any atom is -0.432 e. The first kappa shape index (κ1) is 18.1. The lowest BCUT2D eigenvalue weighted by molar-refractivity contribution is -0.0495. The maximum Gasteiger partial charge on any atom is 0.387 e.